The number of benzene rings is 2. The van der Waals surface area contributed by atoms with Gasteiger partial charge in [0.2, 0.25) is 0 Å². The Kier molecular flexibility index (Phi) is 5.54. The van der Waals surface area contributed by atoms with Crippen molar-refractivity contribution < 1.29 is 9.59 Å². The SMILES string of the molecule is CC(=O)C(Sc1nnc(-c2ccccc2Cl)n1-c1ccccc1)C(C)=O. The molecule has 26 heavy (non-hydrogen) atoms. The Morgan fingerprint density at radius 3 is 2.19 bits per heavy atom. The van der Waals surface area contributed by atoms with Crippen molar-refractivity contribution in [3.63, 3.8) is 0 Å². The first-order chi connectivity index (χ1) is 12.5. The number of carbonyl (C=O) groups excluding carboxylic acids is 2. The molecule has 0 fully saturated rings. The molecule has 5 nitrogen and oxygen atoms in total. The minimum atomic E-state index is -0.819. The van der Waals surface area contributed by atoms with Gasteiger partial charge in [0.25, 0.3) is 0 Å². The maximum Gasteiger partial charge on any atom is 0.197 e. The van der Waals surface area contributed by atoms with Gasteiger partial charge in [-0.15, -0.1) is 10.2 Å². The van der Waals surface area contributed by atoms with Gasteiger partial charge >= 0.3 is 0 Å². The number of hydrogen-bond acceptors (Lipinski definition) is 5. The zero-order valence-corrected chi connectivity index (χ0v) is 15.8. The van der Waals surface area contributed by atoms with Crippen LogP contribution in [0.4, 0.5) is 0 Å². The third kappa shape index (κ3) is 3.71. The van der Waals surface area contributed by atoms with Gasteiger partial charge in [0, 0.05) is 11.3 Å². The Labute approximate surface area is 160 Å². The summed E-state index contributed by atoms with van der Waals surface area (Å²) in [5, 5.41) is 8.69. The Bertz CT molecular complexity index is 942. The van der Waals surface area contributed by atoms with Crippen LogP contribution in [0.3, 0.4) is 0 Å². The van der Waals surface area contributed by atoms with E-state index in [1.807, 2.05) is 53.1 Å². The maximum atomic E-state index is 11.8. The van der Waals surface area contributed by atoms with Crippen molar-refractivity contribution in [1.82, 2.24) is 14.8 Å². The van der Waals surface area contributed by atoms with Crippen molar-refractivity contribution in [1.29, 1.82) is 0 Å². The fourth-order valence-electron chi connectivity index (χ4n) is 2.53. The number of para-hydroxylation sites is 1. The molecule has 0 aliphatic heterocycles. The van der Waals surface area contributed by atoms with E-state index in [0.29, 0.717) is 16.0 Å². The average molecular weight is 386 g/mol. The van der Waals surface area contributed by atoms with Gasteiger partial charge < -0.3 is 0 Å². The second-order valence-electron chi connectivity index (χ2n) is 5.68. The van der Waals surface area contributed by atoms with E-state index in [2.05, 4.69) is 10.2 Å². The van der Waals surface area contributed by atoms with Crippen molar-refractivity contribution in [2.45, 2.75) is 24.3 Å². The lowest BCUT2D eigenvalue weighted by Crippen LogP contribution is -2.22. The van der Waals surface area contributed by atoms with E-state index in [0.717, 1.165) is 23.0 Å². The molecule has 0 N–H and O–H groups in total. The number of aromatic nitrogens is 3. The van der Waals surface area contributed by atoms with Gasteiger partial charge in [0.15, 0.2) is 22.5 Å². The minimum Gasteiger partial charge on any atom is -0.298 e. The van der Waals surface area contributed by atoms with Gasteiger partial charge in [-0.3, -0.25) is 14.2 Å². The summed E-state index contributed by atoms with van der Waals surface area (Å²) in [5.74, 6) is 0.115. The smallest absolute Gasteiger partial charge is 0.197 e. The molecule has 1 heterocycles. The second-order valence-corrected chi connectivity index (χ2v) is 7.16. The number of halogens is 1. The second kappa shape index (κ2) is 7.85. The maximum absolute atomic E-state index is 11.8. The Balaban J connectivity index is 2.16. The van der Waals surface area contributed by atoms with Crippen molar-refractivity contribution in [2.75, 3.05) is 0 Å². The summed E-state index contributed by atoms with van der Waals surface area (Å²) in [6.45, 7) is 2.80. The van der Waals surface area contributed by atoms with Gasteiger partial charge in [-0.2, -0.15) is 0 Å². The van der Waals surface area contributed by atoms with Crippen LogP contribution in [0.5, 0.6) is 0 Å². The minimum absolute atomic E-state index is 0.218. The van der Waals surface area contributed by atoms with Gasteiger partial charge in [-0.05, 0) is 38.1 Å². The van der Waals surface area contributed by atoms with Crippen LogP contribution in [0.1, 0.15) is 13.8 Å². The van der Waals surface area contributed by atoms with Gasteiger partial charge in [0.1, 0.15) is 5.25 Å². The Morgan fingerprint density at radius 2 is 1.58 bits per heavy atom. The summed E-state index contributed by atoms with van der Waals surface area (Å²) in [6.07, 6.45) is 0. The summed E-state index contributed by atoms with van der Waals surface area (Å²) in [5.41, 5.74) is 1.54. The fourth-order valence-corrected chi connectivity index (χ4v) is 3.68. The topological polar surface area (TPSA) is 64.8 Å². The zero-order valence-electron chi connectivity index (χ0n) is 14.2. The first-order valence-electron chi connectivity index (χ1n) is 7.92. The molecule has 0 spiro atoms. The van der Waals surface area contributed by atoms with E-state index in [9.17, 15) is 9.59 Å². The molecule has 3 aromatic rings. The van der Waals surface area contributed by atoms with E-state index in [-0.39, 0.29) is 11.6 Å². The molecule has 0 unspecified atom stereocenters. The Morgan fingerprint density at radius 1 is 0.962 bits per heavy atom. The Hall–Kier alpha value is -2.44. The summed E-state index contributed by atoms with van der Waals surface area (Å²) >= 11 is 7.43. The number of thioether (sulfide) groups is 1. The highest BCUT2D eigenvalue weighted by atomic mass is 35.5. The highest BCUT2D eigenvalue weighted by molar-refractivity contribution is 8.01. The molecule has 0 saturated heterocycles. The molecule has 0 aliphatic rings. The van der Waals surface area contributed by atoms with Gasteiger partial charge in [-0.25, -0.2) is 0 Å². The molecule has 1 aromatic heterocycles. The predicted octanol–water partition coefficient (Wildman–Crippen LogP) is 4.23. The monoisotopic (exact) mass is 385 g/mol. The number of nitrogens with zero attached hydrogens (tertiary/aromatic N) is 3. The zero-order chi connectivity index (χ0) is 18.7. The van der Waals surface area contributed by atoms with E-state index < -0.39 is 5.25 Å². The largest absolute Gasteiger partial charge is 0.298 e. The molecular formula is C19H16ClN3O2S. The van der Waals surface area contributed by atoms with Crippen LogP contribution in [0.15, 0.2) is 59.8 Å². The lowest BCUT2D eigenvalue weighted by atomic mass is 10.2. The van der Waals surface area contributed by atoms with E-state index >= 15 is 0 Å². The van der Waals surface area contributed by atoms with Gasteiger partial charge in [-0.1, -0.05) is 53.7 Å². The first-order valence-corrected chi connectivity index (χ1v) is 9.18. The molecule has 0 bridgehead atoms. The van der Waals surface area contributed by atoms with Crippen LogP contribution < -0.4 is 0 Å². The predicted molar refractivity (Wildman–Crippen MR) is 103 cm³/mol. The molecular weight excluding hydrogens is 370 g/mol. The molecule has 2 aromatic carbocycles. The normalized spacial score (nSPS) is 10.9. The lowest BCUT2D eigenvalue weighted by Gasteiger charge is -2.13. The van der Waals surface area contributed by atoms with Crippen LogP contribution in [-0.4, -0.2) is 31.6 Å². The number of carbonyl (C=O) groups is 2. The number of rotatable bonds is 6. The van der Waals surface area contributed by atoms with E-state index in [1.54, 1.807) is 6.07 Å². The molecule has 0 radical (unpaired) electrons. The fraction of sp³-hybridized carbons (Fsp3) is 0.158. The van der Waals surface area contributed by atoms with E-state index in [1.165, 1.54) is 13.8 Å². The number of hydrogen-bond donors (Lipinski definition) is 0. The molecule has 132 valence electrons. The summed E-state index contributed by atoms with van der Waals surface area (Å²) in [7, 11) is 0. The molecule has 0 amide bonds. The first kappa shape index (κ1) is 18.4. The molecule has 7 heteroatoms. The molecule has 3 rings (SSSR count). The lowest BCUT2D eigenvalue weighted by molar-refractivity contribution is -0.123. The summed E-state index contributed by atoms with van der Waals surface area (Å²) in [6, 6.07) is 16.9. The quantitative estimate of drug-likeness (QED) is 0.469. The number of ketones is 2. The van der Waals surface area contributed by atoms with Crippen molar-refractivity contribution in [3.8, 4) is 17.1 Å². The highest BCUT2D eigenvalue weighted by Crippen LogP contribution is 2.33. The van der Waals surface area contributed by atoms with Crippen molar-refractivity contribution >= 4 is 34.9 Å². The third-order valence-electron chi connectivity index (χ3n) is 3.72. The molecule has 0 atom stereocenters. The average Bonchev–Trinajstić information content (AvgIpc) is 3.03. The number of Topliss-reactive ketones (excluding diaryl/α,β-unsaturated/α-hetero) is 2. The summed E-state index contributed by atoms with van der Waals surface area (Å²) in [4.78, 5) is 23.7. The highest BCUT2D eigenvalue weighted by Gasteiger charge is 2.26. The van der Waals surface area contributed by atoms with Crippen LogP contribution in [0, 0.1) is 0 Å². The van der Waals surface area contributed by atoms with Crippen molar-refractivity contribution in [3.05, 3.63) is 59.6 Å². The third-order valence-corrected chi connectivity index (χ3v) is 5.43. The summed E-state index contributed by atoms with van der Waals surface area (Å²) < 4.78 is 1.81. The standard InChI is InChI=1S/C19H16ClN3O2S/c1-12(24)17(13(2)25)26-19-22-21-18(15-10-6-7-11-16(15)20)23(19)14-8-4-3-5-9-14/h3-11,17H,1-2H3. The van der Waals surface area contributed by atoms with Crippen LogP contribution in [0.2, 0.25) is 5.02 Å². The van der Waals surface area contributed by atoms with Crippen molar-refractivity contribution in [2.24, 2.45) is 0 Å². The molecule has 0 saturated carbocycles. The van der Waals surface area contributed by atoms with E-state index in [4.69, 9.17) is 11.6 Å². The van der Waals surface area contributed by atoms with Crippen LogP contribution in [-0.2, 0) is 9.59 Å². The molecule has 0 aliphatic carbocycles. The van der Waals surface area contributed by atoms with Crippen LogP contribution in [0.25, 0.3) is 17.1 Å². The van der Waals surface area contributed by atoms with Crippen LogP contribution >= 0.6 is 23.4 Å². The van der Waals surface area contributed by atoms with Gasteiger partial charge in [0.05, 0.1) is 5.02 Å².